The maximum atomic E-state index is 9.28. The van der Waals surface area contributed by atoms with Gasteiger partial charge in [0.15, 0.2) is 11.5 Å². The van der Waals surface area contributed by atoms with Crippen molar-refractivity contribution in [3.05, 3.63) is 52.4 Å². The first-order chi connectivity index (χ1) is 13.2. The largest absolute Gasteiger partial charge is 0.351 e. The van der Waals surface area contributed by atoms with Crippen LogP contribution in [0.2, 0.25) is 5.02 Å². The SMILES string of the molecule is Cc1ccc(Cl)cc1C#CC1CCC2CN(c3nccnc3C#N)CCN12. The molecule has 0 radical (unpaired) electrons. The van der Waals surface area contributed by atoms with Gasteiger partial charge in [0.2, 0.25) is 0 Å². The number of anilines is 1. The Kier molecular flexibility index (Phi) is 4.99. The lowest BCUT2D eigenvalue weighted by atomic mass is 10.1. The van der Waals surface area contributed by atoms with Gasteiger partial charge in [-0.3, -0.25) is 4.90 Å². The van der Waals surface area contributed by atoms with Gasteiger partial charge >= 0.3 is 0 Å². The molecule has 0 spiro atoms. The number of nitriles is 1. The minimum absolute atomic E-state index is 0.271. The lowest BCUT2D eigenvalue weighted by molar-refractivity contribution is 0.202. The van der Waals surface area contributed by atoms with Crippen LogP contribution >= 0.6 is 11.6 Å². The summed E-state index contributed by atoms with van der Waals surface area (Å²) in [5.41, 5.74) is 2.55. The monoisotopic (exact) mass is 377 g/mol. The van der Waals surface area contributed by atoms with Gasteiger partial charge in [-0.25, -0.2) is 9.97 Å². The van der Waals surface area contributed by atoms with Crippen LogP contribution < -0.4 is 4.90 Å². The number of aromatic nitrogens is 2. The number of halogens is 1. The van der Waals surface area contributed by atoms with E-state index in [0.717, 1.165) is 48.6 Å². The Labute approximate surface area is 164 Å². The van der Waals surface area contributed by atoms with E-state index in [2.05, 4.69) is 44.6 Å². The summed E-state index contributed by atoms with van der Waals surface area (Å²) in [6.07, 6.45) is 5.39. The van der Waals surface area contributed by atoms with Crippen LogP contribution in [0.5, 0.6) is 0 Å². The molecule has 0 aliphatic carbocycles. The van der Waals surface area contributed by atoms with Crippen LogP contribution in [0.4, 0.5) is 5.82 Å². The number of benzene rings is 1. The Balaban J connectivity index is 1.48. The summed E-state index contributed by atoms with van der Waals surface area (Å²) in [4.78, 5) is 13.2. The van der Waals surface area contributed by atoms with Gasteiger partial charge in [-0.2, -0.15) is 5.26 Å². The van der Waals surface area contributed by atoms with E-state index in [0.29, 0.717) is 17.6 Å². The van der Waals surface area contributed by atoms with Crippen molar-refractivity contribution in [1.29, 1.82) is 5.26 Å². The van der Waals surface area contributed by atoms with Crippen molar-refractivity contribution in [2.45, 2.75) is 31.8 Å². The van der Waals surface area contributed by atoms with Gasteiger partial charge in [-0.15, -0.1) is 0 Å². The zero-order valence-corrected chi connectivity index (χ0v) is 15.9. The number of hydrogen-bond donors (Lipinski definition) is 0. The molecule has 1 aromatic heterocycles. The number of nitrogens with zero attached hydrogens (tertiary/aromatic N) is 5. The third-order valence-electron chi connectivity index (χ3n) is 5.36. The quantitative estimate of drug-likeness (QED) is 0.715. The van der Waals surface area contributed by atoms with Crippen LogP contribution in [-0.4, -0.2) is 46.6 Å². The van der Waals surface area contributed by atoms with Crippen LogP contribution in [0.1, 0.15) is 29.7 Å². The third kappa shape index (κ3) is 3.62. The Morgan fingerprint density at radius 1 is 1.19 bits per heavy atom. The molecule has 1 aromatic carbocycles. The molecule has 2 saturated heterocycles. The molecule has 6 heteroatoms. The van der Waals surface area contributed by atoms with E-state index in [1.807, 2.05) is 18.2 Å². The summed E-state index contributed by atoms with van der Waals surface area (Å²) in [6, 6.07) is 8.70. The Morgan fingerprint density at radius 2 is 2.04 bits per heavy atom. The first-order valence-electron chi connectivity index (χ1n) is 9.15. The molecule has 4 rings (SSSR count). The highest BCUT2D eigenvalue weighted by Gasteiger charge is 2.37. The van der Waals surface area contributed by atoms with Crippen molar-refractivity contribution >= 4 is 17.4 Å². The molecule has 2 unspecified atom stereocenters. The van der Waals surface area contributed by atoms with Crippen molar-refractivity contribution in [1.82, 2.24) is 14.9 Å². The van der Waals surface area contributed by atoms with Crippen LogP contribution in [-0.2, 0) is 0 Å². The zero-order valence-electron chi connectivity index (χ0n) is 15.2. The van der Waals surface area contributed by atoms with Crippen LogP contribution in [0.3, 0.4) is 0 Å². The van der Waals surface area contributed by atoms with E-state index in [4.69, 9.17) is 11.6 Å². The van der Waals surface area contributed by atoms with Crippen LogP contribution in [0, 0.1) is 30.1 Å². The maximum Gasteiger partial charge on any atom is 0.183 e. The summed E-state index contributed by atoms with van der Waals surface area (Å²) in [6.45, 7) is 4.67. The van der Waals surface area contributed by atoms with Gasteiger partial charge in [0.25, 0.3) is 0 Å². The van der Waals surface area contributed by atoms with Gasteiger partial charge in [-0.05, 0) is 37.5 Å². The average molecular weight is 378 g/mol. The molecule has 27 heavy (non-hydrogen) atoms. The minimum Gasteiger partial charge on any atom is -0.351 e. The summed E-state index contributed by atoms with van der Waals surface area (Å²) in [7, 11) is 0. The highest BCUT2D eigenvalue weighted by Crippen LogP contribution is 2.29. The summed E-state index contributed by atoms with van der Waals surface area (Å²) < 4.78 is 0. The molecule has 0 N–H and O–H groups in total. The highest BCUT2D eigenvalue weighted by atomic mass is 35.5. The number of aryl methyl sites for hydroxylation is 1. The molecule has 0 bridgehead atoms. The van der Waals surface area contributed by atoms with E-state index < -0.39 is 0 Å². The van der Waals surface area contributed by atoms with Crippen molar-refractivity contribution in [2.75, 3.05) is 24.5 Å². The summed E-state index contributed by atoms with van der Waals surface area (Å²) in [5.74, 6) is 7.49. The molecular formula is C21H20ClN5. The van der Waals surface area contributed by atoms with Crippen LogP contribution in [0.15, 0.2) is 30.6 Å². The molecule has 136 valence electrons. The molecule has 2 aliphatic heterocycles. The number of fused-ring (bicyclic) bond motifs is 1. The highest BCUT2D eigenvalue weighted by molar-refractivity contribution is 6.30. The van der Waals surface area contributed by atoms with Gasteiger partial charge in [-0.1, -0.05) is 29.5 Å². The molecular weight excluding hydrogens is 358 g/mol. The second-order valence-corrected chi connectivity index (χ2v) is 7.44. The third-order valence-corrected chi connectivity index (χ3v) is 5.59. The lowest BCUT2D eigenvalue weighted by Gasteiger charge is -2.39. The lowest BCUT2D eigenvalue weighted by Crippen LogP contribution is -2.52. The molecule has 2 atom stereocenters. The van der Waals surface area contributed by atoms with E-state index >= 15 is 0 Å². The van der Waals surface area contributed by atoms with Gasteiger partial charge in [0.1, 0.15) is 6.07 Å². The minimum atomic E-state index is 0.271. The Hall–Kier alpha value is -2.60. The fourth-order valence-electron chi connectivity index (χ4n) is 3.93. The second kappa shape index (κ2) is 7.56. The number of hydrogen-bond acceptors (Lipinski definition) is 5. The molecule has 3 heterocycles. The predicted octanol–water partition coefficient (Wildman–Crippen LogP) is 3.01. The maximum absolute atomic E-state index is 9.28. The molecule has 2 aromatic rings. The van der Waals surface area contributed by atoms with Gasteiger partial charge < -0.3 is 4.90 Å². The number of rotatable bonds is 1. The van der Waals surface area contributed by atoms with Crippen molar-refractivity contribution in [2.24, 2.45) is 0 Å². The zero-order chi connectivity index (χ0) is 18.8. The standard InChI is InChI=1S/C21H20ClN5/c1-15-2-4-17(22)12-16(15)3-5-18-6-7-19-14-26(10-11-27(18)19)21-20(13-23)24-8-9-25-21/h2,4,8-9,12,18-19H,6-7,10-11,14H2,1H3. The first kappa shape index (κ1) is 17.8. The fraction of sp³-hybridized carbons (Fsp3) is 0.381. The van der Waals surface area contributed by atoms with Crippen molar-refractivity contribution in [3.8, 4) is 17.9 Å². The van der Waals surface area contributed by atoms with E-state index in [1.165, 1.54) is 0 Å². The molecule has 5 nitrogen and oxygen atoms in total. The van der Waals surface area contributed by atoms with Crippen molar-refractivity contribution < 1.29 is 0 Å². The van der Waals surface area contributed by atoms with Gasteiger partial charge in [0.05, 0.1) is 6.04 Å². The van der Waals surface area contributed by atoms with Crippen LogP contribution in [0.25, 0.3) is 0 Å². The van der Waals surface area contributed by atoms with E-state index in [1.54, 1.807) is 12.4 Å². The summed E-state index contributed by atoms with van der Waals surface area (Å²) in [5, 5.41) is 10.0. The molecule has 2 fully saturated rings. The summed E-state index contributed by atoms with van der Waals surface area (Å²) >= 11 is 6.10. The Bertz CT molecular complexity index is 955. The fourth-order valence-corrected chi connectivity index (χ4v) is 4.10. The predicted molar refractivity (Wildman–Crippen MR) is 106 cm³/mol. The van der Waals surface area contributed by atoms with Crippen molar-refractivity contribution in [3.63, 3.8) is 0 Å². The molecule has 0 amide bonds. The first-order valence-corrected chi connectivity index (χ1v) is 9.53. The average Bonchev–Trinajstić information content (AvgIpc) is 3.11. The normalized spacial score (nSPS) is 21.9. The van der Waals surface area contributed by atoms with E-state index in [-0.39, 0.29) is 6.04 Å². The topological polar surface area (TPSA) is 56.1 Å². The number of piperazine rings is 1. The van der Waals surface area contributed by atoms with E-state index in [9.17, 15) is 5.26 Å². The second-order valence-electron chi connectivity index (χ2n) is 7.00. The molecule has 0 saturated carbocycles. The smallest absolute Gasteiger partial charge is 0.183 e. The molecule has 2 aliphatic rings. The van der Waals surface area contributed by atoms with Gasteiger partial charge in [0, 0.05) is 48.7 Å². The Morgan fingerprint density at radius 3 is 2.89 bits per heavy atom.